The van der Waals surface area contributed by atoms with Gasteiger partial charge in [-0.15, -0.1) is 0 Å². The van der Waals surface area contributed by atoms with Crippen LogP contribution in [0.5, 0.6) is 0 Å². The zero-order chi connectivity index (χ0) is 17.6. The fraction of sp³-hybridized carbons (Fsp3) is 0.0909. The topological polar surface area (TPSA) is 49.9 Å². The van der Waals surface area contributed by atoms with Gasteiger partial charge >= 0.3 is 0 Å². The highest BCUT2D eigenvalue weighted by Gasteiger charge is 2.19. The minimum absolute atomic E-state index is 0.0500. The number of Topliss-reactive ketones (excluding diaryl/α,β-unsaturated/α-hetero) is 1. The molecule has 1 N–H and O–H groups in total. The summed E-state index contributed by atoms with van der Waals surface area (Å²) < 4.78 is 0. The standard InChI is InChI=1S/C22H17NO2/c1-13-7-3-4-8-16(13)22(25)19-12-15(14(2)24)11-18-17-9-5-6-10-20(17)23-21(18)19/h3-12,23H,1-2H3. The van der Waals surface area contributed by atoms with Gasteiger partial charge in [0.05, 0.1) is 5.52 Å². The summed E-state index contributed by atoms with van der Waals surface area (Å²) in [6.45, 7) is 3.45. The minimum Gasteiger partial charge on any atom is -0.354 e. The molecule has 0 saturated carbocycles. The van der Waals surface area contributed by atoms with Gasteiger partial charge in [-0.1, -0.05) is 42.5 Å². The highest BCUT2D eigenvalue weighted by Crippen LogP contribution is 2.30. The molecule has 0 amide bonds. The Hall–Kier alpha value is -3.20. The molecule has 122 valence electrons. The van der Waals surface area contributed by atoms with Crippen molar-refractivity contribution in [2.24, 2.45) is 0 Å². The summed E-state index contributed by atoms with van der Waals surface area (Å²) in [4.78, 5) is 28.6. The molecular formula is C22H17NO2. The summed E-state index contributed by atoms with van der Waals surface area (Å²) in [7, 11) is 0. The van der Waals surface area contributed by atoms with Crippen molar-refractivity contribution in [3.63, 3.8) is 0 Å². The van der Waals surface area contributed by atoms with Gasteiger partial charge in [0, 0.05) is 33.0 Å². The Bertz CT molecular complexity index is 1150. The molecule has 0 bridgehead atoms. The Morgan fingerprint density at radius 2 is 1.56 bits per heavy atom. The number of rotatable bonds is 3. The third kappa shape index (κ3) is 2.45. The Morgan fingerprint density at radius 3 is 2.32 bits per heavy atom. The smallest absolute Gasteiger partial charge is 0.195 e. The predicted molar refractivity (Wildman–Crippen MR) is 100 cm³/mol. The van der Waals surface area contributed by atoms with Crippen LogP contribution < -0.4 is 0 Å². The fourth-order valence-electron chi connectivity index (χ4n) is 3.31. The van der Waals surface area contributed by atoms with E-state index < -0.39 is 0 Å². The second-order valence-corrected chi connectivity index (χ2v) is 6.32. The van der Waals surface area contributed by atoms with Gasteiger partial charge in [-0.3, -0.25) is 9.59 Å². The number of hydrogen-bond donors (Lipinski definition) is 1. The maximum atomic E-state index is 13.2. The number of carbonyl (C=O) groups is 2. The lowest BCUT2D eigenvalue weighted by molar-refractivity contribution is 0.101. The van der Waals surface area contributed by atoms with Crippen LogP contribution in [0.4, 0.5) is 0 Å². The van der Waals surface area contributed by atoms with E-state index >= 15 is 0 Å². The SMILES string of the molecule is CC(=O)c1cc(C(=O)c2ccccc2C)c2[nH]c3ccccc3c2c1. The molecule has 25 heavy (non-hydrogen) atoms. The number of H-pyrrole nitrogens is 1. The number of carbonyl (C=O) groups excluding carboxylic acids is 2. The van der Waals surface area contributed by atoms with Crippen LogP contribution >= 0.6 is 0 Å². The molecule has 4 aromatic rings. The summed E-state index contributed by atoms with van der Waals surface area (Å²) in [6.07, 6.45) is 0. The van der Waals surface area contributed by atoms with Crippen LogP contribution in [-0.2, 0) is 0 Å². The Labute approximate surface area is 145 Å². The third-order valence-corrected chi connectivity index (χ3v) is 4.66. The molecule has 3 nitrogen and oxygen atoms in total. The predicted octanol–water partition coefficient (Wildman–Crippen LogP) is 5.06. The molecule has 4 rings (SSSR count). The van der Waals surface area contributed by atoms with Crippen LogP contribution in [-0.4, -0.2) is 16.6 Å². The Morgan fingerprint density at radius 1 is 0.840 bits per heavy atom. The first-order valence-corrected chi connectivity index (χ1v) is 8.22. The number of aromatic amines is 1. The molecule has 0 radical (unpaired) electrons. The normalized spacial score (nSPS) is 11.1. The van der Waals surface area contributed by atoms with Crippen molar-refractivity contribution < 1.29 is 9.59 Å². The van der Waals surface area contributed by atoms with Crippen molar-refractivity contribution in [2.45, 2.75) is 13.8 Å². The second kappa shape index (κ2) is 5.71. The van der Waals surface area contributed by atoms with Gasteiger partial charge < -0.3 is 4.98 Å². The first-order chi connectivity index (χ1) is 12.1. The monoisotopic (exact) mass is 327 g/mol. The molecule has 1 heterocycles. The molecule has 0 aliphatic heterocycles. The zero-order valence-electron chi connectivity index (χ0n) is 14.1. The maximum absolute atomic E-state index is 13.2. The van der Waals surface area contributed by atoms with E-state index in [9.17, 15) is 9.59 Å². The quantitative estimate of drug-likeness (QED) is 0.534. The first kappa shape index (κ1) is 15.3. The van der Waals surface area contributed by atoms with Crippen LogP contribution in [0.3, 0.4) is 0 Å². The summed E-state index contributed by atoms with van der Waals surface area (Å²) in [5, 5.41) is 1.92. The fourth-order valence-corrected chi connectivity index (χ4v) is 3.31. The average Bonchev–Trinajstić information content (AvgIpc) is 2.99. The number of hydrogen-bond acceptors (Lipinski definition) is 2. The average molecular weight is 327 g/mol. The summed E-state index contributed by atoms with van der Waals surface area (Å²) in [5.74, 6) is -0.122. The number of nitrogens with one attached hydrogen (secondary N) is 1. The van der Waals surface area contributed by atoms with E-state index in [0.717, 1.165) is 27.4 Å². The van der Waals surface area contributed by atoms with Crippen LogP contribution in [0.2, 0.25) is 0 Å². The molecule has 0 aliphatic rings. The van der Waals surface area contributed by atoms with Crippen LogP contribution in [0.15, 0.2) is 60.7 Å². The molecule has 3 heteroatoms. The van der Waals surface area contributed by atoms with E-state index in [1.54, 1.807) is 6.07 Å². The number of benzene rings is 3. The van der Waals surface area contributed by atoms with Gasteiger partial charge in [0.1, 0.15) is 0 Å². The third-order valence-electron chi connectivity index (χ3n) is 4.66. The van der Waals surface area contributed by atoms with Crippen LogP contribution in [0.25, 0.3) is 21.8 Å². The Kier molecular flexibility index (Phi) is 3.50. The number of aryl methyl sites for hydroxylation is 1. The highest BCUT2D eigenvalue weighted by atomic mass is 16.1. The van der Waals surface area contributed by atoms with Gasteiger partial charge in [-0.2, -0.15) is 0 Å². The van der Waals surface area contributed by atoms with Gasteiger partial charge in [0.25, 0.3) is 0 Å². The van der Waals surface area contributed by atoms with E-state index in [1.165, 1.54) is 6.92 Å². The van der Waals surface area contributed by atoms with Crippen molar-refractivity contribution in [3.8, 4) is 0 Å². The van der Waals surface area contributed by atoms with E-state index in [4.69, 9.17) is 0 Å². The molecule has 0 fully saturated rings. The van der Waals surface area contributed by atoms with Crippen molar-refractivity contribution in [1.29, 1.82) is 0 Å². The first-order valence-electron chi connectivity index (χ1n) is 8.22. The molecule has 0 atom stereocenters. The molecule has 3 aromatic carbocycles. The van der Waals surface area contributed by atoms with E-state index in [1.807, 2.05) is 61.5 Å². The molecular weight excluding hydrogens is 310 g/mol. The summed E-state index contributed by atoms with van der Waals surface area (Å²) in [6, 6.07) is 19.0. The molecule has 1 aromatic heterocycles. The molecule has 0 aliphatic carbocycles. The lowest BCUT2D eigenvalue weighted by atomic mass is 9.94. The molecule has 0 saturated heterocycles. The van der Waals surface area contributed by atoms with Crippen LogP contribution in [0, 0.1) is 6.92 Å². The van der Waals surface area contributed by atoms with Gasteiger partial charge in [0.15, 0.2) is 11.6 Å². The van der Waals surface area contributed by atoms with Gasteiger partial charge in [-0.05, 0) is 37.6 Å². The molecule has 0 unspecified atom stereocenters. The molecule has 0 spiro atoms. The number of para-hydroxylation sites is 1. The summed E-state index contributed by atoms with van der Waals surface area (Å²) in [5.41, 5.74) is 4.40. The minimum atomic E-state index is -0.0715. The van der Waals surface area contributed by atoms with E-state index in [-0.39, 0.29) is 11.6 Å². The zero-order valence-corrected chi connectivity index (χ0v) is 14.1. The lowest BCUT2D eigenvalue weighted by Crippen LogP contribution is -2.06. The van der Waals surface area contributed by atoms with Gasteiger partial charge in [-0.25, -0.2) is 0 Å². The number of fused-ring (bicyclic) bond motifs is 3. The van der Waals surface area contributed by atoms with Crippen molar-refractivity contribution in [3.05, 3.63) is 82.9 Å². The van der Waals surface area contributed by atoms with E-state index in [2.05, 4.69) is 4.98 Å². The maximum Gasteiger partial charge on any atom is 0.195 e. The largest absolute Gasteiger partial charge is 0.354 e. The van der Waals surface area contributed by atoms with Crippen molar-refractivity contribution in [2.75, 3.05) is 0 Å². The lowest BCUT2D eigenvalue weighted by Gasteiger charge is -2.08. The van der Waals surface area contributed by atoms with Crippen molar-refractivity contribution >= 4 is 33.4 Å². The number of ketones is 2. The highest BCUT2D eigenvalue weighted by molar-refractivity contribution is 6.22. The van der Waals surface area contributed by atoms with Gasteiger partial charge in [0.2, 0.25) is 0 Å². The summed E-state index contributed by atoms with van der Waals surface area (Å²) >= 11 is 0. The number of aromatic nitrogens is 1. The Balaban J connectivity index is 2.07. The van der Waals surface area contributed by atoms with Crippen LogP contribution in [0.1, 0.15) is 38.8 Å². The van der Waals surface area contributed by atoms with E-state index in [0.29, 0.717) is 16.7 Å². The second-order valence-electron chi connectivity index (χ2n) is 6.32. The van der Waals surface area contributed by atoms with Crippen molar-refractivity contribution in [1.82, 2.24) is 4.98 Å².